The van der Waals surface area contributed by atoms with E-state index in [1.165, 1.54) is 0 Å². The molecule has 0 unspecified atom stereocenters. The van der Waals surface area contributed by atoms with Crippen molar-refractivity contribution in [1.29, 1.82) is 0 Å². The van der Waals surface area contributed by atoms with Gasteiger partial charge in [0.2, 0.25) is 5.95 Å². The van der Waals surface area contributed by atoms with E-state index in [0.29, 0.717) is 5.95 Å². The molecule has 0 aliphatic carbocycles. The Balaban J connectivity index is 1.86. The number of H-pyrrole nitrogens is 2. The van der Waals surface area contributed by atoms with Crippen LogP contribution in [0.5, 0.6) is 0 Å². The van der Waals surface area contributed by atoms with Gasteiger partial charge in [0.15, 0.2) is 0 Å². The zero-order valence-corrected chi connectivity index (χ0v) is 11.8. The molecule has 0 radical (unpaired) electrons. The summed E-state index contributed by atoms with van der Waals surface area (Å²) in [7, 11) is 0. The van der Waals surface area contributed by atoms with Crippen LogP contribution in [0, 0.1) is 0 Å². The molecule has 0 aliphatic heterocycles. The lowest BCUT2D eigenvalue weighted by molar-refractivity contribution is 0.772. The van der Waals surface area contributed by atoms with E-state index in [-0.39, 0.29) is 5.56 Å². The quantitative estimate of drug-likeness (QED) is 0.672. The van der Waals surface area contributed by atoms with Crippen LogP contribution in [0.2, 0.25) is 0 Å². The monoisotopic (exact) mass is 283 g/mol. The summed E-state index contributed by atoms with van der Waals surface area (Å²) in [5.74, 6) is 0.465. The smallest absolute Gasteiger partial charge is 0.252 e. The maximum absolute atomic E-state index is 11.7. The van der Waals surface area contributed by atoms with Crippen molar-refractivity contribution in [2.75, 3.05) is 5.32 Å². The van der Waals surface area contributed by atoms with Crippen molar-refractivity contribution < 1.29 is 0 Å². The van der Waals surface area contributed by atoms with Crippen LogP contribution >= 0.6 is 0 Å². The van der Waals surface area contributed by atoms with Gasteiger partial charge in [0.1, 0.15) is 0 Å². The predicted octanol–water partition coefficient (Wildman–Crippen LogP) is 2.73. The fraction of sp³-hybridized carbons (Fsp3) is 0.267. The molecule has 0 bridgehead atoms. The second-order valence-electron chi connectivity index (χ2n) is 4.99. The molecular weight excluding hydrogens is 266 g/mol. The molecule has 3 rings (SSSR count). The van der Waals surface area contributed by atoms with Gasteiger partial charge < -0.3 is 5.32 Å². The van der Waals surface area contributed by atoms with Crippen molar-refractivity contribution in [3.05, 3.63) is 46.5 Å². The minimum atomic E-state index is -0.138. The van der Waals surface area contributed by atoms with E-state index in [1.54, 1.807) is 12.3 Å². The molecule has 0 aliphatic rings. The molecule has 6 heteroatoms. The van der Waals surface area contributed by atoms with Crippen LogP contribution in [-0.2, 0) is 6.42 Å². The second-order valence-corrected chi connectivity index (χ2v) is 4.99. The molecule has 3 N–H and O–H groups in total. The first kappa shape index (κ1) is 13.4. The number of fused-ring (bicyclic) bond motifs is 1. The topological polar surface area (TPSA) is 86.5 Å². The average Bonchev–Trinajstić information content (AvgIpc) is 2.92. The first-order valence-electron chi connectivity index (χ1n) is 7.05. The molecule has 3 aromatic rings. The summed E-state index contributed by atoms with van der Waals surface area (Å²) in [5, 5.41) is 11.1. The highest BCUT2D eigenvalue weighted by atomic mass is 16.1. The summed E-state index contributed by atoms with van der Waals surface area (Å²) in [6.07, 6.45) is 4.68. The Bertz CT molecular complexity index is 805. The lowest BCUT2D eigenvalue weighted by Gasteiger charge is -2.07. The molecule has 0 amide bonds. The Morgan fingerprint density at radius 2 is 2.19 bits per heavy atom. The van der Waals surface area contributed by atoms with Crippen LogP contribution in [0.1, 0.15) is 25.5 Å². The van der Waals surface area contributed by atoms with E-state index in [9.17, 15) is 4.79 Å². The van der Waals surface area contributed by atoms with E-state index >= 15 is 0 Å². The third kappa shape index (κ3) is 3.10. The SMILES string of the molecule is CCCCc1cc(=O)[nH]c(Nc2ccc3cn[nH]c3c2)n1. The fourth-order valence-electron chi connectivity index (χ4n) is 2.20. The van der Waals surface area contributed by atoms with Crippen LogP contribution < -0.4 is 10.9 Å². The Kier molecular flexibility index (Phi) is 3.68. The number of anilines is 2. The number of nitrogens with one attached hydrogen (secondary N) is 3. The van der Waals surface area contributed by atoms with Crippen LogP contribution in [-0.4, -0.2) is 20.2 Å². The predicted molar refractivity (Wildman–Crippen MR) is 82.8 cm³/mol. The Morgan fingerprint density at radius 1 is 1.29 bits per heavy atom. The number of aromatic amines is 2. The van der Waals surface area contributed by atoms with Crippen LogP contribution in [0.4, 0.5) is 11.6 Å². The molecule has 6 nitrogen and oxygen atoms in total. The molecule has 2 aromatic heterocycles. The molecule has 0 spiro atoms. The van der Waals surface area contributed by atoms with Gasteiger partial charge in [-0.25, -0.2) is 4.98 Å². The summed E-state index contributed by atoms with van der Waals surface area (Å²) >= 11 is 0. The molecule has 0 fully saturated rings. The van der Waals surface area contributed by atoms with Gasteiger partial charge in [-0.1, -0.05) is 13.3 Å². The number of nitrogens with zero attached hydrogens (tertiary/aromatic N) is 2. The maximum atomic E-state index is 11.7. The summed E-state index contributed by atoms with van der Waals surface area (Å²) in [4.78, 5) is 18.8. The highest BCUT2D eigenvalue weighted by molar-refractivity contribution is 5.82. The minimum absolute atomic E-state index is 0.138. The van der Waals surface area contributed by atoms with Crippen LogP contribution in [0.3, 0.4) is 0 Å². The summed E-state index contributed by atoms with van der Waals surface area (Å²) in [6.45, 7) is 2.12. The van der Waals surface area contributed by atoms with Gasteiger partial charge in [0, 0.05) is 22.8 Å². The summed E-state index contributed by atoms with van der Waals surface area (Å²) in [5.41, 5.74) is 2.46. The number of aryl methyl sites for hydroxylation is 1. The molecule has 1 aromatic carbocycles. The highest BCUT2D eigenvalue weighted by Crippen LogP contribution is 2.18. The van der Waals surface area contributed by atoms with Crippen molar-refractivity contribution in [2.24, 2.45) is 0 Å². The maximum Gasteiger partial charge on any atom is 0.252 e. The van der Waals surface area contributed by atoms with Crippen LogP contribution in [0.15, 0.2) is 35.3 Å². The third-order valence-electron chi connectivity index (χ3n) is 3.29. The third-order valence-corrected chi connectivity index (χ3v) is 3.29. The molecule has 0 atom stereocenters. The fourth-order valence-corrected chi connectivity index (χ4v) is 2.20. The Morgan fingerprint density at radius 3 is 3.05 bits per heavy atom. The normalized spacial score (nSPS) is 10.9. The number of hydrogen-bond donors (Lipinski definition) is 3. The average molecular weight is 283 g/mol. The highest BCUT2D eigenvalue weighted by Gasteiger charge is 2.03. The summed E-state index contributed by atoms with van der Waals surface area (Å²) in [6, 6.07) is 7.37. The van der Waals surface area contributed by atoms with Crippen LogP contribution in [0.25, 0.3) is 10.9 Å². The van der Waals surface area contributed by atoms with Crippen molar-refractivity contribution >= 4 is 22.5 Å². The van der Waals surface area contributed by atoms with Crippen molar-refractivity contribution in [3.8, 4) is 0 Å². The zero-order valence-electron chi connectivity index (χ0n) is 11.8. The summed E-state index contributed by atoms with van der Waals surface area (Å²) < 4.78 is 0. The number of benzene rings is 1. The number of rotatable bonds is 5. The molecule has 21 heavy (non-hydrogen) atoms. The number of hydrogen-bond acceptors (Lipinski definition) is 4. The van der Waals surface area contributed by atoms with E-state index < -0.39 is 0 Å². The lowest BCUT2D eigenvalue weighted by Crippen LogP contribution is -2.12. The first-order valence-corrected chi connectivity index (χ1v) is 7.05. The Hall–Kier alpha value is -2.63. The van der Waals surface area contributed by atoms with Gasteiger partial charge in [-0.05, 0) is 31.0 Å². The lowest BCUT2D eigenvalue weighted by atomic mass is 10.2. The van der Waals surface area contributed by atoms with E-state index in [0.717, 1.165) is 41.5 Å². The van der Waals surface area contributed by atoms with Gasteiger partial charge in [-0.15, -0.1) is 0 Å². The molecule has 108 valence electrons. The van der Waals surface area contributed by atoms with E-state index in [2.05, 4.69) is 32.4 Å². The van der Waals surface area contributed by atoms with E-state index in [1.807, 2.05) is 18.2 Å². The Labute approximate surface area is 121 Å². The van der Waals surface area contributed by atoms with Crippen molar-refractivity contribution in [2.45, 2.75) is 26.2 Å². The second kappa shape index (κ2) is 5.78. The molecule has 0 saturated carbocycles. The first-order chi connectivity index (χ1) is 10.2. The molecular formula is C15H17N5O. The van der Waals surface area contributed by atoms with Gasteiger partial charge in [0.05, 0.1) is 11.7 Å². The van der Waals surface area contributed by atoms with Gasteiger partial charge in [0.25, 0.3) is 5.56 Å². The van der Waals surface area contributed by atoms with Gasteiger partial charge >= 0.3 is 0 Å². The van der Waals surface area contributed by atoms with Crippen molar-refractivity contribution in [3.63, 3.8) is 0 Å². The minimum Gasteiger partial charge on any atom is -0.326 e. The molecule has 2 heterocycles. The number of aromatic nitrogens is 4. The molecule has 0 saturated heterocycles. The van der Waals surface area contributed by atoms with E-state index in [4.69, 9.17) is 0 Å². The standard InChI is InChI=1S/C15H17N5O/c1-2-3-4-11-8-14(21)19-15(17-11)18-12-6-5-10-9-16-20-13(10)7-12/h5-9H,2-4H2,1H3,(H,16,20)(H2,17,18,19,21). The largest absolute Gasteiger partial charge is 0.326 e. The van der Waals surface area contributed by atoms with Gasteiger partial charge in [-0.2, -0.15) is 5.10 Å². The zero-order chi connectivity index (χ0) is 14.7. The number of unbranched alkanes of at least 4 members (excludes halogenated alkanes) is 1. The van der Waals surface area contributed by atoms with Gasteiger partial charge in [-0.3, -0.25) is 14.9 Å². The van der Waals surface area contributed by atoms with Crippen molar-refractivity contribution in [1.82, 2.24) is 20.2 Å².